The lowest BCUT2D eigenvalue weighted by Crippen LogP contribution is -2.29. The molecule has 0 radical (unpaired) electrons. The lowest BCUT2D eigenvalue weighted by Gasteiger charge is -2.14. The Labute approximate surface area is 122 Å². The number of halogens is 1. The maximum Gasteiger partial charge on any atom is 0.253 e. The molecule has 104 valence electrons. The van der Waals surface area contributed by atoms with Gasteiger partial charge in [0.25, 0.3) is 5.91 Å². The lowest BCUT2D eigenvalue weighted by molar-refractivity contribution is 0.0915. The summed E-state index contributed by atoms with van der Waals surface area (Å²) in [5.74, 6) is -0.262. The highest BCUT2D eigenvalue weighted by Gasteiger charge is 2.14. The summed E-state index contributed by atoms with van der Waals surface area (Å²) >= 11 is 5.99. The molecule has 20 heavy (non-hydrogen) atoms. The first-order valence-electron chi connectivity index (χ1n) is 6.22. The number of rotatable bonds is 4. The Morgan fingerprint density at radius 2 is 2.10 bits per heavy atom. The van der Waals surface area contributed by atoms with Crippen molar-refractivity contribution in [3.8, 4) is 0 Å². The molecule has 0 spiro atoms. The zero-order valence-corrected chi connectivity index (χ0v) is 11.8. The highest BCUT2D eigenvalue weighted by molar-refractivity contribution is 6.31. The number of aromatic nitrogens is 1. The molecule has 4 nitrogen and oxygen atoms in total. The maximum atomic E-state index is 12.0. The van der Waals surface area contributed by atoms with Crippen LogP contribution in [-0.4, -0.2) is 22.5 Å². The van der Waals surface area contributed by atoms with E-state index in [0.717, 1.165) is 0 Å². The van der Waals surface area contributed by atoms with Crippen LogP contribution in [0.25, 0.3) is 0 Å². The third kappa shape index (κ3) is 3.35. The monoisotopic (exact) mass is 290 g/mol. The number of aliphatic hydroxyl groups is 1. The van der Waals surface area contributed by atoms with Gasteiger partial charge >= 0.3 is 0 Å². The first kappa shape index (κ1) is 14.5. The lowest BCUT2D eigenvalue weighted by atomic mass is 10.1. The molecule has 2 rings (SSSR count). The molecule has 1 aromatic heterocycles. The van der Waals surface area contributed by atoms with E-state index in [4.69, 9.17) is 11.6 Å². The van der Waals surface area contributed by atoms with Crippen molar-refractivity contribution in [1.82, 2.24) is 10.3 Å². The highest BCUT2D eigenvalue weighted by atomic mass is 35.5. The van der Waals surface area contributed by atoms with Gasteiger partial charge in [0.1, 0.15) is 0 Å². The molecule has 1 atom stereocenters. The molecule has 0 aliphatic rings. The summed E-state index contributed by atoms with van der Waals surface area (Å²) in [5, 5.41) is 13.2. The van der Waals surface area contributed by atoms with Crippen molar-refractivity contribution >= 4 is 17.5 Å². The van der Waals surface area contributed by atoms with Crippen molar-refractivity contribution in [2.75, 3.05) is 6.54 Å². The van der Waals surface area contributed by atoms with E-state index in [1.165, 1.54) is 0 Å². The number of nitrogens with zero attached hydrogens (tertiary/aromatic N) is 1. The van der Waals surface area contributed by atoms with Crippen LogP contribution in [0.5, 0.6) is 0 Å². The third-order valence-electron chi connectivity index (χ3n) is 2.97. The van der Waals surface area contributed by atoms with Gasteiger partial charge in [-0.05, 0) is 25.1 Å². The molecule has 5 heteroatoms. The normalized spacial score (nSPS) is 11.9. The summed E-state index contributed by atoms with van der Waals surface area (Å²) in [4.78, 5) is 16.0. The SMILES string of the molecule is Cc1ncccc1C(=O)NCC(O)c1ccccc1Cl. The van der Waals surface area contributed by atoms with Gasteiger partial charge in [-0.3, -0.25) is 9.78 Å². The standard InChI is InChI=1S/C15H15ClN2O2/c1-10-11(6-4-8-17-10)15(20)18-9-14(19)12-5-2-3-7-13(12)16/h2-8,14,19H,9H2,1H3,(H,18,20). The zero-order valence-electron chi connectivity index (χ0n) is 11.0. The number of hydrogen-bond donors (Lipinski definition) is 2. The van der Waals surface area contributed by atoms with Gasteiger partial charge in [0.2, 0.25) is 0 Å². The number of hydrogen-bond acceptors (Lipinski definition) is 3. The van der Waals surface area contributed by atoms with Gasteiger partial charge in [-0.1, -0.05) is 29.8 Å². The molecule has 0 aliphatic heterocycles. The van der Waals surface area contributed by atoms with Crippen LogP contribution in [0.4, 0.5) is 0 Å². The van der Waals surface area contributed by atoms with Crippen molar-refractivity contribution < 1.29 is 9.90 Å². The summed E-state index contributed by atoms with van der Waals surface area (Å²) < 4.78 is 0. The van der Waals surface area contributed by atoms with Gasteiger partial charge in [0, 0.05) is 29.0 Å². The predicted molar refractivity (Wildman–Crippen MR) is 77.7 cm³/mol. The van der Waals surface area contributed by atoms with Crippen molar-refractivity contribution in [2.45, 2.75) is 13.0 Å². The Morgan fingerprint density at radius 3 is 2.80 bits per heavy atom. The van der Waals surface area contributed by atoms with Gasteiger partial charge < -0.3 is 10.4 Å². The van der Waals surface area contributed by atoms with Crippen LogP contribution < -0.4 is 5.32 Å². The summed E-state index contributed by atoms with van der Waals surface area (Å²) in [7, 11) is 0. The molecule has 1 unspecified atom stereocenters. The summed E-state index contributed by atoms with van der Waals surface area (Å²) in [6, 6.07) is 10.4. The number of pyridine rings is 1. The van der Waals surface area contributed by atoms with E-state index in [1.54, 1.807) is 49.5 Å². The number of benzene rings is 1. The second-order valence-electron chi connectivity index (χ2n) is 4.38. The minimum Gasteiger partial charge on any atom is -0.387 e. The van der Waals surface area contributed by atoms with E-state index in [-0.39, 0.29) is 12.5 Å². The van der Waals surface area contributed by atoms with E-state index >= 15 is 0 Å². The molecule has 0 saturated carbocycles. The van der Waals surface area contributed by atoms with Gasteiger partial charge in [0.15, 0.2) is 0 Å². The molecule has 2 N–H and O–H groups in total. The molecule has 0 saturated heterocycles. The van der Waals surface area contributed by atoms with Crippen molar-refractivity contribution in [3.63, 3.8) is 0 Å². The first-order valence-corrected chi connectivity index (χ1v) is 6.59. The third-order valence-corrected chi connectivity index (χ3v) is 3.32. The molecule has 0 fully saturated rings. The number of carbonyl (C=O) groups is 1. The summed E-state index contributed by atoms with van der Waals surface area (Å²) in [6.45, 7) is 1.86. The van der Waals surface area contributed by atoms with E-state index in [9.17, 15) is 9.90 Å². The number of amides is 1. The smallest absolute Gasteiger partial charge is 0.253 e. The van der Waals surface area contributed by atoms with E-state index in [2.05, 4.69) is 10.3 Å². The number of carbonyl (C=O) groups excluding carboxylic acids is 1. The molecule has 1 amide bonds. The Morgan fingerprint density at radius 1 is 1.35 bits per heavy atom. The number of nitrogens with one attached hydrogen (secondary N) is 1. The fraction of sp³-hybridized carbons (Fsp3) is 0.200. The Balaban J connectivity index is 2.01. The fourth-order valence-corrected chi connectivity index (χ4v) is 2.13. The molecule has 0 aliphatic carbocycles. The van der Waals surface area contributed by atoms with E-state index < -0.39 is 6.10 Å². The summed E-state index contributed by atoms with van der Waals surface area (Å²) in [6.07, 6.45) is 0.787. The minimum absolute atomic E-state index is 0.0941. The largest absolute Gasteiger partial charge is 0.387 e. The van der Waals surface area contributed by atoms with Crippen LogP contribution in [0.3, 0.4) is 0 Å². The number of aliphatic hydroxyl groups excluding tert-OH is 1. The zero-order chi connectivity index (χ0) is 14.5. The predicted octanol–water partition coefficient (Wildman–Crippen LogP) is 2.51. The Kier molecular flexibility index (Phi) is 4.71. The molecule has 0 bridgehead atoms. The Bertz CT molecular complexity index is 616. The van der Waals surface area contributed by atoms with Crippen LogP contribution in [0, 0.1) is 6.92 Å². The van der Waals surface area contributed by atoms with Crippen LogP contribution in [0.2, 0.25) is 5.02 Å². The average Bonchev–Trinajstić information content (AvgIpc) is 2.45. The minimum atomic E-state index is -0.843. The number of aryl methyl sites for hydroxylation is 1. The molecular weight excluding hydrogens is 276 g/mol. The van der Waals surface area contributed by atoms with Crippen LogP contribution in [0.15, 0.2) is 42.6 Å². The average molecular weight is 291 g/mol. The van der Waals surface area contributed by atoms with Crippen LogP contribution in [-0.2, 0) is 0 Å². The van der Waals surface area contributed by atoms with Crippen molar-refractivity contribution in [3.05, 3.63) is 64.4 Å². The van der Waals surface area contributed by atoms with Gasteiger partial charge in [-0.2, -0.15) is 0 Å². The van der Waals surface area contributed by atoms with Crippen molar-refractivity contribution in [2.24, 2.45) is 0 Å². The van der Waals surface area contributed by atoms with Crippen LogP contribution in [0.1, 0.15) is 27.7 Å². The molecule has 1 aromatic carbocycles. The van der Waals surface area contributed by atoms with Crippen LogP contribution >= 0.6 is 11.6 Å². The molecule has 2 aromatic rings. The fourth-order valence-electron chi connectivity index (χ4n) is 1.86. The molecule has 1 heterocycles. The quantitative estimate of drug-likeness (QED) is 0.909. The van der Waals surface area contributed by atoms with Gasteiger partial charge in [0.05, 0.1) is 11.7 Å². The maximum absolute atomic E-state index is 12.0. The topological polar surface area (TPSA) is 62.2 Å². The first-order chi connectivity index (χ1) is 9.59. The van der Waals surface area contributed by atoms with Crippen molar-refractivity contribution in [1.29, 1.82) is 0 Å². The second-order valence-corrected chi connectivity index (χ2v) is 4.79. The highest BCUT2D eigenvalue weighted by Crippen LogP contribution is 2.21. The Hall–Kier alpha value is -1.91. The molecular formula is C15H15ClN2O2. The summed E-state index contributed by atoms with van der Waals surface area (Å²) in [5.41, 5.74) is 1.74. The van der Waals surface area contributed by atoms with Gasteiger partial charge in [-0.15, -0.1) is 0 Å². The second kappa shape index (κ2) is 6.50. The van der Waals surface area contributed by atoms with E-state index in [0.29, 0.717) is 21.8 Å². The van der Waals surface area contributed by atoms with Gasteiger partial charge in [-0.25, -0.2) is 0 Å². The van der Waals surface area contributed by atoms with E-state index in [1.807, 2.05) is 0 Å².